The summed E-state index contributed by atoms with van der Waals surface area (Å²) in [6.45, 7) is 4.75. The van der Waals surface area contributed by atoms with Gasteiger partial charge in [0, 0.05) is 6.42 Å². The first-order chi connectivity index (χ1) is 8.19. The van der Waals surface area contributed by atoms with Crippen LogP contribution in [-0.2, 0) is 13.0 Å². The standard InChI is InChI=1S/C13H15BrN2O/c1-3-10-4-5-11(17-10)8-15-12-6-7-13(14)16-9(12)2/h4-7,15H,3,8H2,1-2H3. The van der Waals surface area contributed by atoms with Gasteiger partial charge in [0.1, 0.15) is 16.1 Å². The van der Waals surface area contributed by atoms with Gasteiger partial charge < -0.3 is 9.73 Å². The number of nitrogens with one attached hydrogen (secondary N) is 1. The van der Waals surface area contributed by atoms with Gasteiger partial charge in [-0.3, -0.25) is 0 Å². The fourth-order valence-electron chi connectivity index (χ4n) is 1.61. The van der Waals surface area contributed by atoms with E-state index in [1.165, 1.54) is 0 Å². The third-order valence-electron chi connectivity index (χ3n) is 2.57. The van der Waals surface area contributed by atoms with Crippen molar-refractivity contribution in [1.82, 2.24) is 4.98 Å². The van der Waals surface area contributed by atoms with Crippen molar-refractivity contribution in [3.63, 3.8) is 0 Å². The smallest absolute Gasteiger partial charge is 0.123 e. The van der Waals surface area contributed by atoms with Crippen LogP contribution >= 0.6 is 15.9 Å². The number of hydrogen-bond donors (Lipinski definition) is 1. The van der Waals surface area contributed by atoms with Crippen LogP contribution in [0.2, 0.25) is 0 Å². The van der Waals surface area contributed by atoms with Gasteiger partial charge in [-0.25, -0.2) is 4.98 Å². The van der Waals surface area contributed by atoms with Crippen molar-refractivity contribution in [1.29, 1.82) is 0 Å². The van der Waals surface area contributed by atoms with E-state index in [9.17, 15) is 0 Å². The average molecular weight is 295 g/mol. The molecule has 0 aromatic carbocycles. The molecule has 17 heavy (non-hydrogen) atoms. The minimum absolute atomic E-state index is 0.685. The van der Waals surface area contributed by atoms with Crippen LogP contribution in [0.15, 0.2) is 33.3 Å². The first kappa shape index (κ1) is 12.2. The van der Waals surface area contributed by atoms with Gasteiger partial charge in [-0.15, -0.1) is 0 Å². The molecule has 0 saturated carbocycles. The lowest BCUT2D eigenvalue weighted by molar-refractivity contribution is 0.476. The summed E-state index contributed by atoms with van der Waals surface area (Å²) < 4.78 is 6.48. The Labute approximate surface area is 109 Å². The number of pyridine rings is 1. The molecule has 0 spiro atoms. The van der Waals surface area contributed by atoms with E-state index in [2.05, 4.69) is 33.2 Å². The summed E-state index contributed by atoms with van der Waals surface area (Å²) >= 11 is 3.35. The van der Waals surface area contributed by atoms with E-state index >= 15 is 0 Å². The molecule has 2 rings (SSSR count). The molecule has 0 amide bonds. The normalized spacial score (nSPS) is 10.5. The molecule has 0 aliphatic rings. The Morgan fingerprint density at radius 3 is 2.65 bits per heavy atom. The maximum Gasteiger partial charge on any atom is 0.123 e. The van der Waals surface area contributed by atoms with Gasteiger partial charge in [-0.2, -0.15) is 0 Å². The molecule has 4 heteroatoms. The maximum atomic E-state index is 5.63. The molecule has 1 N–H and O–H groups in total. The van der Waals surface area contributed by atoms with Crippen LogP contribution in [-0.4, -0.2) is 4.98 Å². The lowest BCUT2D eigenvalue weighted by Gasteiger charge is -2.07. The topological polar surface area (TPSA) is 38.1 Å². The summed E-state index contributed by atoms with van der Waals surface area (Å²) in [4.78, 5) is 4.33. The number of halogens is 1. The minimum atomic E-state index is 0.685. The molecule has 2 aromatic rings. The fraction of sp³-hybridized carbons (Fsp3) is 0.308. The summed E-state index contributed by atoms with van der Waals surface area (Å²) in [6.07, 6.45) is 0.929. The zero-order chi connectivity index (χ0) is 12.3. The van der Waals surface area contributed by atoms with Crippen molar-refractivity contribution >= 4 is 21.6 Å². The van der Waals surface area contributed by atoms with E-state index < -0.39 is 0 Å². The number of furan rings is 1. The molecule has 0 radical (unpaired) electrons. The Balaban J connectivity index is 2.02. The van der Waals surface area contributed by atoms with Crippen LogP contribution in [0.5, 0.6) is 0 Å². The summed E-state index contributed by atoms with van der Waals surface area (Å²) in [5.41, 5.74) is 2.00. The molecule has 0 fully saturated rings. The van der Waals surface area contributed by atoms with E-state index in [-0.39, 0.29) is 0 Å². The summed E-state index contributed by atoms with van der Waals surface area (Å²) in [6, 6.07) is 7.96. The zero-order valence-corrected chi connectivity index (χ0v) is 11.5. The predicted octanol–water partition coefficient (Wildman–Crippen LogP) is 3.92. The van der Waals surface area contributed by atoms with E-state index in [4.69, 9.17) is 4.42 Å². The van der Waals surface area contributed by atoms with E-state index in [1.807, 2.05) is 31.2 Å². The molecule has 0 aliphatic carbocycles. The van der Waals surface area contributed by atoms with Crippen LogP contribution < -0.4 is 5.32 Å². The van der Waals surface area contributed by atoms with Crippen LogP contribution in [0, 0.1) is 6.92 Å². The van der Waals surface area contributed by atoms with Gasteiger partial charge in [0.25, 0.3) is 0 Å². The third kappa shape index (κ3) is 3.09. The van der Waals surface area contributed by atoms with Gasteiger partial charge in [0.2, 0.25) is 0 Å². The van der Waals surface area contributed by atoms with Crippen LogP contribution in [0.1, 0.15) is 24.1 Å². The summed E-state index contributed by atoms with van der Waals surface area (Å²) in [5, 5.41) is 3.32. The minimum Gasteiger partial charge on any atom is -0.464 e. The molecule has 3 nitrogen and oxygen atoms in total. The van der Waals surface area contributed by atoms with E-state index in [1.54, 1.807) is 0 Å². The molecule has 90 valence electrons. The van der Waals surface area contributed by atoms with Crippen molar-refractivity contribution in [2.45, 2.75) is 26.8 Å². The quantitative estimate of drug-likeness (QED) is 0.869. The summed E-state index contributed by atoms with van der Waals surface area (Å²) in [5.74, 6) is 1.97. The second-order valence-electron chi connectivity index (χ2n) is 3.84. The second kappa shape index (κ2) is 5.36. The number of rotatable bonds is 4. The van der Waals surface area contributed by atoms with Gasteiger partial charge >= 0.3 is 0 Å². The number of hydrogen-bond acceptors (Lipinski definition) is 3. The Hall–Kier alpha value is -1.29. The SMILES string of the molecule is CCc1ccc(CNc2ccc(Br)nc2C)o1. The van der Waals surface area contributed by atoms with Crippen molar-refractivity contribution in [3.05, 3.63) is 46.1 Å². The molecular formula is C13H15BrN2O. The van der Waals surface area contributed by atoms with Crippen LogP contribution in [0.4, 0.5) is 5.69 Å². The predicted molar refractivity (Wildman–Crippen MR) is 72.1 cm³/mol. The van der Waals surface area contributed by atoms with Gasteiger partial charge in [0.15, 0.2) is 0 Å². The highest BCUT2D eigenvalue weighted by Crippen LogP contribution is 2.17. The fourth-order valence-corrected chi connectivity index (χ4v) is 2.01. The Kier molecular flexibility index (Phi) is 3.84. The van der Waals surface area contributed by atoms with Crippen molar-refractivity contribution in [2.75, 3.05) is 5.32 Å². The van der Waals surface area contributed by atoms with Crippen molar-refractivity contribution < 1.29 is 4.42 Å². The van der Waals surface area contributed by atoms with E-state index in [0.717, 1.165) is 33.9 Å². The zero-order valence-electron chi connectivity index (χ0n) is 9.96. The summed E-state index contributed by atoms with van der Waals surface area (Å²) in [7, 11) is 0. The molecule has 0 unspecified atom stereocenters. The van der Waals surface area contributed by atoms with Crippen molar-refractivity contribution in [2.24, 2.45) is 0 Å². The van der Waals surface area contributed by atoms with E-state index in [0.29, 0.717) is 6.54 Å². The highest BCUT2D eigenvalue weighted by Gasteiger charge is 2.03. The average Bonchev–Trinajstić information content (AvgIpc) is 2.76. The van der Waals surface area contributed by atoms with Gasteiger partial charge in [0.05, 0.1) is 17.9 Å². The largest absolute Gasteiger partial charge is 0.464 e. The molecule has 0 atom stereocenters. The van der Waals surface area contributed by atoms with Gasteiger partial charge in [-0.05, 0) is 47.1 Å². The molecule has 0 saturated heterocycles. The first-order valence-electron chi connectivity index (χ1n) is 5.63. The maximum absolute atomic E-state index is 5.63. The number of anilines is 1. The number of aryl methyl sites for hydroxylation is 2. The second-order valence-corrected chi connectivity index (χ2v) is 4.65. The number of nitrogens with zero attached hydrogens (tertiary/aromatic N) is 1. The Morgan fingerprint density at radius 2 is 2.00 bits per heavy atom. The highest BCUT2D eigenvalue weighted by molar-refractivity contribution is 9.10. The highest BCUT2D eigenvalue weighted by atomic mass is 79.9. The molecular weight excluding hydrogens is 280 g/mol. The third-order valence-corrected chi connectivity index (χ3v) is 3.01. The van der Waals surface area contributed by atoms with Crippen LogP contribution in [0.25, 0.3) is 0 Å². The molecule has 0 bridgehead atoms. The number of aromatic nitrogens is 1. The lowest BCUT2D eigenvalue weighted by atomic mass is 10.3. The Morgan fingerprint density at radius 1 is 1.24 bits per heavy atom. The molecule has 2 aromatic heterocycles. The lowest BCUT2D eigenvalue weighted by Crippen LogP contribution is -2.01. The van der Waals surface area contributed by atoms with Crippen molar-refractivity contribution in [3.8, 4) is 0 Å². The van der Waals surface area contributed by atoms with Crippen LogP contribution in [0.3, 0.4) is 0 Å². The molecule has 2 heterocycles. The molecule has 0 aliphatic heterocycles. The Bertz CT molecular complexity index is 508. The first-order valence-corrected chi connectivity index (χ1v) is 6.43. The monoisotopic (exact) mass is 294 g/mol. The van der Waals surface area contributed by atoms with Gasteiger partial charge in [-0.1, -0.05) is 6.92 Å².